The van der Waals surface area contributed by atoms with E-state index >= 15 is 0 Å². The highest BCUT2D eigenvalue weighted by Crippen LogP contribution is 2.42. The summed E-state index contributed by atoms with van der Waals surface area (Å²) in [5.41, 5.74) is 0.362. The van der Waals surface area contributed by atoms with Crippen LogP contribution in [0.25, 0.3) is 0 Å². The van der Waals surface area contributed by atoms with Crippen molar-refractivity contribution in [3.8, 4) is 5.75 Å². The Bertz CT molecular complexity index is 372. The molecule has 0 aromatic heterocycles. The van der Waals surface area contributed by atoms with Crippen LogP contribution in [0.5, 0.6) is 5.75 Å². The van der Waals surface area contributed by atoms with Crippen LogP contribution in [0.3, 0.4) is 0 Å². The van der Waals surface area contributed by atoms with Crippen molar-refractivity contribution in [1.82, 2.24) is 0 Å². The molecular weight excluding hydrogens is 207 g/mol. The molecule has 0 heterocycles. The average Bonchev–Trinajstić information content (AvgIpc) is 3.03. The van der Waals surface area contributed by atoms with Crippen molar-refractivity contribution in [1.29, 1.82) is 0 Å². The molecule has 2 rings (SSSR count). The molecule has 0 aliphatic heterocycles. The Balaban J connectivity index is 2.24. The third-order valence-corrected chi connectivity index (χ3v) is 2.74. The van der Waals surface area contributed by atoms with Gasteiger partial charge in [0.1, 0.15) is 0 Å². The highest BCUT2D eigenvalue weighted by molar-refractivity contribution is 5.33. The fourth-order valence-electron chi connectivity index (χ4n) is 1.77. The third-order valence-electron chi connectivity index (χ3n) is 2.74. The lowest BCUT2D eigenvalue weighted by Crippen LogP contribution is -2.09. The lowest BCUT2D eigenvalue weighted by atomic mass is 10.0. The molecule has 1 atom stereocenters. The molecule has 0 bridgehead atoms. The van der Waals surface area contributed by atoms with Crippen LogP contribution in [0.15, 0.2) is 18.2 Å². The van der Waals surface area contributed by atoms with Gasteiger partial charge < -0.3 is 9.84 Å². The van der Waals surface area contributed by atoms with E-state index in [-0.39, 0.29) is 17.8 Å². The molecule has 2 nitrogen and oxygen atoms in total. The number of rotatable bonds is 4. The summed E-state index contributed by atoms with van der Waals surface area (Å²) >= 11 is 0. The normalized spacial score (nSPS) is 17.6. The quantitative estimate of drug-likeness (QED) is 0.851. The van der Waals surface area contributed by atoms with E-state index in [1.54, 1.807) is 18.2 Å². The molecule has 0 radical (unpaired) electrons. The molecule has 0 amide bonds. The van der Waals surface area contributed by atoms with Gasteiger partial charge in [0.15, 0.2) is 11.6 Å². The Hall–Kier alpha value is -1.09. The number of hydrogen-bond acceptors (Lipinski definition) is 2. The van der Waals surface area contributed by atoms with E-state index in [0.29, 0.717) is 5.56 Å². The molecular formula is C13H17FO2. The van der Waals surface area contributed by atoms with Gasteiger partial charge in [0.25, 0.3) is 0 Å². The average molecular weight is 224 g/mol. The Morgan fingerprint density at radius 1 is 1.38 bits per heavy atom. The maximum absolute atomic E-state index is 14.0. The first kappa shape index (κ1) is 11.4. The highest BCUT2D eigenvalue weighted by Gasteiger charge is 2.33. The minimum atomic E-state index is -0.685. The van der Waals surface area contributed by atoms with Gasteiger partial charge in [-0.2, -0.15) is 0 Å². The van der Waals surface area contributed by atoms with Crippen LogP contribution in [-0.4, -0.2) is 11.2 Å². The topological polar surface area (TPSA) is 29.5 Å². The molecule has 1 fully saturated rings. The molecule has 1 aliphatic carbocycles. The van der Waals surface area contributed by atoms with E-state index in [1.165, 1.54) is 0 Å². The second kappa shape index (κ2) is 4.42. The molecule has 1 aromatic rings. The van der Waals surface area contributed by atoms with Gasteiger partial charge in [0.05, 0.1) is 12.2 Å². The van der Waals surface area contributed by atoms with E-state index < -0.39 is 11.9 Å². The Labute approximate surface area is 95.1 Å². The Morgan fingerprint density at radius 2 is 2.06 bits per heavy atom. The first-order valence-electron chi connectivity index (χ1n) is 5.72. The van der Waals surface area contributed by atoms with Crippen LogP contribution >= 0.6 is 0 Å². The predicted octanol–water partition coefficient (Wildman–Crippen LogP) is 3.06. The highest BCUT2D eigenvalue weighted by atomic mass is 19.1. The van der Waals surface area contributed by atoms with E-state index in [4.69, 9.17) is 4.74 Å². The van der Waals surface area contributed by atoms with Crippen molar-refractivity contribution < 1.29 is 14.2 Å². The summed E-state index contributed by atoms with van der Waals surface area (Å²) in [7, 11) is 0. The number of hydrogen-bond donors (Lipinski definition) is 1. The molecule has 1 saturated carbocycles. The van der Waals surface area contributed by atoms with Gasteiger partial charge in [0.2, 0.25) is 0 Å². The van der Waals surface area contributed by atoms with Gasteiger partial charge in [-0.3, -0.25) is 0 Å². The summed E-state index contributed by atoms with van der Waals surface area (Å²) < 4.78 is 19.3. The molecule has 0 spiro atoms. The van der Waals surface area contributed by atoms with Crippen molar-refractivity contribution >= 4 is 0 Å². The molecule has 0 saturated heterocycles. The van der Waals surface area contributed by atoms with Gasteiger partial charge >= 0.3 is 0 Å². The summed E-state index contributed by atoms with van der Waals surface area (Å²) in [5.74, 6) is 0.0339. The zero-order chi connectivity index (χ0) is 11.7. The molecule has 1 N–H and O–H groups in total. The van der Waals surface area contributed by atoms with Crippen molar-refractivity contribution in [3.63, 3.8) is 0 Å². The van der Waals surface area contributed by atoms with Crippen LogP contribution < -0.4 is 4.74 Å². The molecule has 16 heavy (non-hydrogen) atoms. The van der Waals surface area contributed by atoms with E-state index in [2.05, 4.69) is 0 Å². The third kappa shape index (κ3) is 2.35. The number of aliphatic hydroxyl groups is 1. The Kier molecular flexibility index (Phi) is 3.15. The summed E-state index contributed by atoms with van der Waals surface area (Å²) in [6.07, 6.45) is 1.21. The monoisotopic (exact) mass is 224 g/mol. The van der Waals surface area contributed by atoms with Gasteiger partial charge in [-0.1, -0.05) is 12.1 Å². The molecule has 1 aliphatic rings. The van der Waals surface area contributed by atoms with Gasteiger partial charge in [-0.05, 0) is 38.7 Å². The molecule has 1 aromatic carbocycles. The maximum atomic E-state index is 14.0. The molecule has 88 valence electrons. The van der Waals surface area contributed by atoms with Crippen LogP contribution in [0.2, 0.25) is 0 Å². The zero-order valence-electron chi connectivity index (χ0n) is 9.61. The van der Waals surface area contributed by atoms with Gasteiger partial charge in [-0.15, -0.1) is 0 Å². The SMILES string of the molecule is CC(C)Oc1cccc(C(O)C2CC2)c1F. The maximum Gasteiger partial charge on any atom is 0.170 e. The first-order chi connectivity index (χ1) is 7.59. The number of halogens is 1. The number of aliphatic hydroxyl groups excluding tert-OH is 1. The van der Waals surface area contributed by atoms with E-state index in [1.807, 2.05) is 13.8 Å². The van der Waals surface area contributed by atoms with Crippen LogP contribution in [0.4, 0.5) is 4.39 Å². The number of benzene rings is 1. The summed E-state index contributed by atoms with van der Waals surface area (Å²) in [4.78, 5) is 0. The standard InChI is InChI=1S/C13H17FO2/c1-8(2)16-11-5-3-4-10(12(11)14)13(15)9-6-7-9/h3-5,8-9,13,15H,6-7H2,1-2H3. The summed E-state index contributed by atoms with van der Waals surface area (Å²) in [6, 6.07) is 4.95. The zero-order valence-corrected chi connectivity index (χ0v) is 9.61. The smallest absolute Gasteiger partial charge is 0.170 e. The van der Waals surface area contributed by atoms with E-state index in [9.17, 15) is 9.50 Å². The largest absolute Gasteiger partial charge is 0.488 e. The minimum absolute atomic E-state index is 0.0668. The Morgan fingerprint density at radius 3 is 2.62 bits per heavy atom. The van der Waals surface area contributed by atoms with Crippen molar-refractivity contribution in [2.45, 2.75) is 38.9 Å². The van der Waals surface area contributed by atoms with Crippen molar-refractivity contribution in [2.24, 2.45) is 5.92 Å². The van der Waals surface area contributed by atoms with Gasteiger partial charge in [-0.25, -0.2) is 4.39 Å². The minimum Gasteiger partial charge on any atom is -0.488 e. The van der Waals surface area contributed by atoms with Crippen LogP contribution in [-0.2, 0) is 0 Å². The van der Waals surface area contributed by atoms with Crippen LogP contribution in [0.1, 0.15) is 38.4 Å². The van der Waals surface area contributed by atoms with Crippen molar-refractivity contribution in [2.75, 3.05) is 0 Å². The fourth-order valence-corrected chi connectivity index (χ4v) is 1.77. The fraction of sp³-hybridized carbons (Fsp3) is 0.538. The molecule has 3 heteroatoms. The first-order valence-corrected chi connectivity index (χ1v) is 5.72. The van der Waals surface area contributed by atoms with Gasteiger partial charge in [0, 0.05) is 5.56 Å². The number of ether oxygens (including phenoxy) is 1. The lowest BCUT2D eigenvalue weighted by Gasteiger charge is -2.15. The second-order valence-corrected chi connectivity index (χ2v) is 4.61. The lowest BCUT2D eigenvalue weighted by molar-refractivity contribution is 0.146. The van der Waals surface area contributed by atoms with Crippen molar-refractivity contribution in [3.05, 3.63) is 29.6 Å². The van der Waals surface area contributed by atoms with E-state index in [0.717, 1.165) is 12.8 Å². The summed E-state index contributed by atoms with van der Waals surface area (Å²) in [5, 5.41) is 9.90. The molecule has 1 unspecified atom stereocenters. The van der Waals surface area contributed by atoms with Crippen LogP contribution in [0, 0.1) is 11.7 Å². The second-order valence-electron chi connectivity index (χ2n) is 4.61. The summed E-state index contributed by atoms with van der Waals surface area (Å²) in [6.45, 7) is 3.70. The predicted molar refractivity (Wildman–Crippen MR) is 59.8 cm³/mol.